The summed E-state index contributed by atoms with van der Waals surface area (Å²) in [5, 5.41) is 13.5. The molecule has 2 N–H and O–H groups in total. The van der Waals surface area contributed by atoms with Crippen molar-refractivity contribution in [2.75, 3.05) is 11.4 Å². The number of aryl methyl sites for hydroxylation is 1. The Labute approximate surface area is 152 Å². The Hall–Kier alpha value is -2.71. The molecule has 0 saturated heterocycles. The lowest BCUT2D eigenvalue weighted by Gasteiger charge is -2.30. The van der Waals surface area contributed by atoms with Gasteiger partial charge in [0.15, 0.2) is 0 Å². The van der Waals surface area contributed by atoms with Crippen molar-refractivity contribution < 1.29 is 8.42 Å². The number of aromatic nitrogens is 3. The predicted molar refractivity (Wildman–Crippen MR) is 98.5 cm³/mol. The molecule has 2 heterocycles. The van der Waals surface area contributed by atoms with Gasteiger partial charge in [-0.25, -0.2) is 18.2 Å². The van der Waals surface area contributed by atoms with Crippen LogP contribution in [0.3, 0.4) is 0 Å². The number of primary sulfonamides is 1. The van der Waals surface area contributed by atoms with Crippen molar-refractivity contribution in [1.29, 1.82) is 0 Å². The average molecular weight is 369 g/mol. The number of rotatable bonds is 4. The molecule has 1 aliphatic rings. The third-order valence-corrected chi connectivity index (χ3v) is 5.46. The minimum absolute atomic E-state index is 0.0755. The van der Waals surface area contributed by atoms with Crippen LogP contribution in [0.1, 0.15) is 17.7 Å². The van der Waals surface area contributed by atoms with Crippen LogP contribution in [0.5, 0.6) is 0 Å². The van der Waals surface area contributed by atoms with E-state index in [1.807, 2.05) is 6.20 Å². The molecule has 134 valence electrons. The maximum absolute atomic E-state index is 11.3. The largest absolute Gasteiger partial charge is 0.365 e. The van der Waals surface area contributed by atoms with Crippen LogP contribution in [0.2, 0.25) is 0 Å². The fourth-order valence-electron chi connectivity index (χ4n) is 3.26. The van der Waals surface area contributed by atoms with Crippen LogP contribution < -0.4 is 10.0 Å². The van der Waals surface area contributed by atoms with Gasteiger partial charge in [0.2, 0.25) is 10.0 Å². The number of hydrogen-bond acceptors (Lipinski definition) is 5. The highest BCUT2D eigenvalue weighted by Crippen LogP contribution is 2.27. The molecule has 0 bridgehead atoms. The summed E-state index contributed by atoms with van der Waals surface area (Å²) in [4.78, 5) is 2.39. The smallest absolute Gasteiger partial charge is 0.238 e. The summed E-state index contributed by atoms with van der Waals surface area (Å²) in [6, 6.07) is 14.7. The number of para-hydroxylation sites is 1. The first-order chi connectivity index (χ1) is 12.5. The number of benzene rings is 2. The lowest BCUT2D eigenvalue weighted by atomic mass is 10.0. The van der Waals surface area contributed by atoms with Gasteiger partial charge < -0.3 is 4.90 Å². The highest BCUT2D eigenvalue weighted by molar-refractivity contribution is 7.89. The van der Waals surface area contributed by atoms with E-state index in [2.05, 4.69) is 39.5 Å². The molecule has 0 radical (unpaired) electrons. The Morgan fingerprint density at radius 1 is 1.08 bits per heavy atom. The summed E-state index contributed by atoms with van der Waals surface area (Å²) >= 11 is 0. The predicted octanol–water partition coefficient (Wildman–Crippen LogP) is 1.87. The molecule has 0 unspecified atom stereocenters. The molecule has 0 atom stereocenters. The lowest BCUT2D eigenvalue weighted by Crippen LogP contribution is -2.28. The molecule has 0 amide bonds. The molecule has 2 aromatic carbocycles. The standard InChI is InChI=1S/C18H19N5O2S/c19-26(24,25)17-9-7-16(8-10-17)23-13-15(20-21-23)12-22-11-3-5-14-4-1-2-6-18(14)22/h1-2,4,6-10,13H,3,5,11-12H2,(H2,19,24,25). The summed E-state index contributed by atoms with van der Waals surface area (Å²) in [6.07, 6.45) is 4.10. The van der Waals surface area contributed by atoms with Crippen LogP contribution in [0.4, 0.5) is 5.69 Å². The number of hydrogen-bond donors (Lipinski definition) is 1. The maximum atomic E-state index is 11.3. The SMILES string of the molecule is NS(=O)(=O)c1ccc(-n2cc(CN3CCCc4ccccc43)nn2)cc1. The van der Waals surface area contributed by atoms with E-state index < -0.39 is 10.0 Å². The van der Waals surface area contributed by atoms with Gasteiger partial charge in [0, 0.05) is 12.2 Å². The second kappa shape index (κ2) is 6.54. The van der Waals surface area contributed by atoms with E-state index in [1.54, 1.807) is 16.8 Å². The second-order valence-corrected chi connectivity index (χ2v) is 7.91. The Balaban J connectivity index is 1.54. The van der Waals surface area contributed by atoms with Gasteiger partial charge in [-0.15, -0.1) is 5.10 Å². The first-order valence-corrected chi connectivity index (χ1v) is 9.93. The van der Waals surface area contributed by atoms with Gasteiger partial charge in [-0.2, -0.15) is 0 Å². The Bertz CT molecular complexity index is 1030. The summed E-state index contributed by atoms with van der Waals surface area (Å²) in [6.45, 7) is 1.68. The van der Waals surface area contributed by atoms with Crippen LogP contribution in [0.25, 0.3) is 5.69 Å². The fourth-order valence-corrected chi connectivity index (χ4v) is 3.77. The molecule has 1 aliphatic heterocycles. The van der Waals surface area contributed by atoms with Crippen molar-refractivity contribution in [3.05, 3.63) is 66.0 Å². The van der Waals surface area contributed by atoms with Crippen LogP contribution >= 0.6 is 0 Å². The van der Waals surface area contributed by atoms with Crippen LogP contribution in [-0.4, -0.2) is 30.0 Å². The zero-order valence-corrected chi connectivity index (χ0v) is 14.9. The Kier molecular flexibility index (Phi) is 4.21. The molecule has 26 heavy (non-hydrogen) atoms. The van der Waals surface area contributed by atoms with Crippen molar-refractivity contribution in [2.24, 2.45) is 5.14 Å². The molecule has 1 aromatic heterocycles. The Morgan fingerprint density at radius 3 is 2.62 bits per heavy atom. The van der Waals surface area contributed by atoms with Gasteiger partial charge in [-0.05, 0) is 48.7 Å². The zero-order chi connectivity index (χ0) is 18.1. The minimum Gasteiger partial charge on any atom is -0.365 e. The van der Waals surface area contributed by atoms with Crippen LogP contribution in [-0.2, 0) is 23.0 Å². The first-order valence-electron chi connectivity index (χ1n) is 8.38. The van der Waals surface area contributed by atoms with E-state index in [0.717, 1.165) is 30.8 Å². The van der Waals surface area contributed by atoms with Gasteiger partial charge in [0.1, 0.15) is 5.69 Å². The molecule has 3 aromatic rings. The summed E-state index contributed by atoms with van der Waals surface area (Å²) in [7, 11) is -3.70. The van der Waals surface area contributed by atoms with Crippen molar-refractivity contribution >= 4 is 15.7 Å². The monoisotopic (exact) mass is 369 g/mol. The molecule has 7 nitrogen and oxygen atoms in total. The number of fused-ring (bicyclic) bond motifs is 1. The van der Waals surface area contributed by atoms with E-state index in [1.165, 1.54) is 23.4 Å². The first kappa shape index (κ1) is 16.7. The molecule has 8 heteroatoms. The van der Waals surface area contributed by atoms with Crippen molar-refractivity contribution in [1.82, 2.24) is 15.0 Å². The molecule has 4 rings (SSSR count). The summed E-state index contributed by atoms with van der Waals surface area (Å²) in [5.41, 5.74) is 4.21. The van der Waals surface area contributed by atoms with E-state index in [-0.39, 0.29) is 4.90 Å². The van der Waals surface area contributed by atoms with E-state index in [0.29, 0.717) is 6.54 Å². The normalized spacial score (nSPS) is 14.3. The molecule has 0 spiro atoms. The molecule has 0 saturated carbocycles. The van der Waals surface area contributed by atoms with Crippen molar-refractivity contribution in [3.8, 4) is 5.69 Å². The summed E-state index contributed by atoms with van der Waals surface area (Å²) < 4.78 is 24.3. The maximum Gasteiger partial charge on any atom is 0.238 e. The van der Waals surface area contributed by atoms with Crippen LogP contribution in [0.15, 0.2) is 59.6 Å². The van der Waals surface area contributed by atoms with Crippen molar-refractivity contribution in [2.45, 2.75) is 24.3 Å². The van der Waals surface area contributed by atoms with Gasteiger partial charge in [0.25, 0.3) is 0 Å². The van der Waals surface area contributed by atoms with Gasteiger partial charge >= 0.3 is 0 Å². The highest BCUT2D eigenvalue weighted by Gasteiger charge is 2.17. The van der Waals surface area contributed by atoms with Gasteiger partial charge in [0.05, 0.1) is 23.3 Å². The number of sulfonamides is 1. The van der Waals surface area contributed by atoms with Crippen molar-refractivity contribution in [3.63, 3.8) is 0 Å². The molecule has 0 fully saturated rings. The summed E-state index contributed by atoms with van der Waals surface area (Å²) in [5.74, 6) is 0. The second-order valence-electron chi connectivity index (χ2n) is 6.35. The zero-order valence-electron chi connectivity index (χ0n) is 14.1. The topological polar surface area (TPSA) is 94.1 Å². The molecule has 0 aliphatic carbocycles. The fraction of sp³-hybridized carbons (Fsp3) is 0.222. The Morgan fingerprint density at radius 2 is 1.85 bits per heavy atom. The quantitative estimate of drug-likeness (QED) is 0.758. The van der Waals surface area contributed by atoms with Gasteiger partial charge in [-0.1, -0.05) is 23.4 Å². The third-order valence-electron chi connectivity index (χ3n) is 4.53. The minimum atomic E-state index is -3.70. The third kappa shape index (κ3) is 3.33. The van der Waals surface area contributed by atoms with Gasteiger partial charge in [-0.3, -0.25) is 0 Å². The number of anilines is 1. The van der Waals surface area contributed by atoms with E-state index in [4.69, 9.17) is 5.14 Å². The average Bonchev–Trinajstić information content (AvgIpc) is 3.10. The van der Waals surface area contributed by atoms with E-state index >= 15 is 0 Å². The lowest BCUT2D eigenvalue weighted by molar-refractivity contribution is 0.598. The molecular formula is C18H19N5O2S. The molecular weight excluding hydrogens is 350 g/mol. The van der Waals surface area contributed by atoms with E-state index in [9.17, 15) is 8.42 Å². The highest BCUT2D eigenvalue weighted by atomic mass is 32.2. The van der Waals surface area contributed by atoms with Crippen LogP contribution in [0, 0.1) is 0 Å². The number of nitrogens with two attached hydrogens (primary N) is 1. The number of nitrogens with zero attached hydrogens (tertiary/aromatic N) is 4.